The number of carbonyl (C=O) groups is 2. The number of rotatable bonds is 9. The van der Waals surface area contributed by atoms with Crippen molar-refractivity contribution < 1.29 is 14.3 Å². The van der Waals surface area contributed by atoms with Crippen molar-refractivity contribution in [3.8, 4) is 0 Å². The van der Waals surface area contributed by atoms with Gasteiger partial charge in [-0.05, 0) is 24.1 Å². The van der Waals surface area contributed by atoms with E-state index in [1.807, 2.05) is 22.4 Å². The summed E-state index contributed by atoms with van der Waals surface area (Å²) in [5.74, 6) is 0.0431. The maximum atomic E-state index is 13.1. The Morgan fingerprint density at radius 3 is 2.77 bits per heavy atom. The molecule has 2 saturated heterocycles. The van der Waals surface area contributed by atoms with Gasteiger partial charge in [-0.15, -0.1) is 11.3 Å². The third-order valence-electron chi connectivity index (χ3n) is 5.44. The molecule has 2 fully saturated rings. The molecule has 3 amide bonds. The molecule has 0 atom stereocenters. The third kappa shape index (κ3) is 5.99. The second-order valence-corrected chi connectivity index (χ2v) is 8.50. The van der Waals surface area contributed by atoms with E-state index >= 15 is 0 Å². The number of hydrogen-bond donors (Lipinski definition) is 1. The van der Waals surface area contributed by atoms with Crippen LogP contribution in [0.2, 0.25) is 0 Å². The van der Waals surface area contributed by atoms with Crippen LogP contribution in [0.3, 0.4) is 0 Å². The average Bonchev–Trinajstić information content (AvgIpc) is 3.43. The lowest BCUT2D eigenvalue weighted by Crippen LogP contribution is -2.39. The maximum absolute atomic E-state index is 13.1. The summed E-state index contributed by atoms with van der Waals surface area (Å²) in [6, 6.07) is 3.75. The number of hydrogen-bond acceptors (Lipinski definition) is 7. The minimum atomic E-state index is -0.130. The molecule has 2 aliphatic rings. The summed E-state index contributed by atoms with van der Waals surface area (Å²) in [5.41, 5.74) is 1.76. The number of aromatic nitrogens is 2. The van der Waals surface area contributed by atoms with Crippen LogP contribution < -0.4 is 10.2 Å². The molecule has 9 nitrogen and oxygen atoms in total. The van der Waals surface area contributed by atoms with Crippen molar-refractivity contribution in [1.29, 1.82) is 0 Å². The Labute approximate surface area is 186 Å². The molecule has 4 heterocycles. The fourth-order valence-electron chi connectivity index (χ4n) is 3.73. The summed E-state index contributed by atoms with van der Waals surface area (Å²) >= 11 is 1.40. The van der Waals surface area contributed by atoms with Gasteiger partial charge >= 0.3 is 6.03 Å². The molecule has 0 saturated carbocycles. The summed E-state index contributed by atoms with van der Waals surface area (Å²) in [4.78, 5) is 39.5. The molecule has 2 aromatic rings. The number of ether oxygens (including phenoxy) is 1. The molecule has 0 spiro atoms. The number of morpholine rings is 1. The molecule has 4 rings (SSSR count). The van der Waals surface area contributed by atoms with Crippen LogP contribution in [0.25, 0.3) is 0 Å². The Hall–Kier alpha value is -2.56. The molecule has 0 unspecified atom stereocenters. The van der Waals surface area contributed by atoms with Crippen molar-refractivity contribution in [1.82, 2.24) is 25.1 Å². The van der Waals surface area contributed by atoms with E-state index in [-0.39, 0.29) is 18.4 Å². The Kier molecular flexibility index (Phi) is 7.44. The lowest BCUT2D eigenvalue weighted by atomic mass is 10.2. The standard InChI is InChI=1S/C21H28N6O3S/c28-19(14-18-16-31-21(24-18)27-9-6-23-20(27)29)26(15-17-2-4-22-5-3-17)8-1-7-25-10-12-30-13-11-25/h2-5,16H,1,6-15H2,(H,23,29). The van der Waals surface area contributed by atoms with Crippen LogP contribution in [0.4, 0.5) is 9.93 Å². The first-order chi connectivity index (χ1) is 15.2. The van der Waals surface area contributed by atoms with Crippen LogP contribution in [-0.4, -0.2) is 84.2 Å². The van der Waals surface area contributed by atoms with Gasteiger partial charge in [-0.3, -0.25) is 19.6 Å². The molecular formula is C21H28N6O3S. The highest BCUT2D eigenvalue weighted by atomic mass is 32.1. The second-order valence-electron chi connectivity index (χ2n) is 7.66. The van der Waals surface area contributed by atoms with Gasteiger partial charge in [0.05, 0.1) is 25.3 Å². The Balaban J connectivity index is 1.37. The smallest absolute Gasteiger partial charge is 0.323 e. The minimum Gasteiger partial charge on any atom is -0.379 e. The van der Waals surface area contributed by atoms with E-state index in [1.165, 1.54) is 11.3 Å². The number of pyridine rings is 1. The predicted molar refractivity (Wildman–Crippen MR) is 118 cm³/mol. The molecule has 2 aromatic heterocycles. The van der Waals surface area contributed by atoms with Crippen molar-refractivity contribution >= 4 is 28.4 Å². The van der Waals surface area contributed by atoms with Crippen LogP contribution in [0.15, 0.2) is 29.9 Å². The first kappa shape index (κ1) is 21.7. The van der Waals surface area contributed by atoms with Crippen LogP contribution in [-0.2, 0) is 22.5 Å². The minimum absolute atomic E-state index is 0.0431. The summed E-state index contributed by atoms with van der Waals surface area (Å²) in [6.45, 7) is 6.87. The van der Waals surface area contributed by atoms with Crippen molar-refractivity contribution in [2.75, 3.05) is 57.4 Å². The van der Waals surface area contributed by atoms with E-state index in [2.05, 4.69) is 20.2 Å². The molecule has 0 bridgehead atoms. The van der Waals surface area contributed by atoms with Gasteiger partial charge in [0.15, 0.2) is 5.13 Å². The highest BCUT2D eigenvalue weighted by Gasteiger charge is 2.24. The number of carbonyl (C=O) groups excluding carboxylic acids is 2. The van der Waals surface area contributed by atoms with Crippen LogP contribution in [0.1, 0.15) is 17.7 Å². The summed E-state index contributed by atoms with van der Waals surface area (Å²) in [5, 5.41) is 5.29. The topological polar surface area (TPSA) is 90.9 Å². The lowest BCUT2D eigenvalue weighted by Gasteiger charge is -2.28. The largest absolute Gasteiger partial charge is 0.379 e. The number of nitrogens with zero attached hydrogens (tertiary/aromatic N) is 5. The number of urea groups is 1. The van der Waals surface area contributed by atoms with Gasteiger partial charge in [-0.2, -0.15) is 0 Å². The highest BCUT2D eigenvalue weighted by molar-refractivity contribution is 7.14. The van der Waals surface area contributed by atoms with E-state index in [4.69, 9.17) is 4.74 Å². The molecule has 0 radical (unpaired) electrons. The van der Waals surface area contributed by atoms with Gasteiger partial charge < -0.3 is 15.0 Å². The molecule has 0 aliphatic carbocycles. The van der Waals surface area contributed by atoms with E-state index in [1.54, 1.807) is 17.3 Å². The molecular weight excluding hydrogens is 416 g/mol. The number of amides is 3. The van der Waals surface area contributed by atoms with Crippen molar-refractivity contribution in [2.45, 2.75) is 19.4 Å². The highest BCUT2D eigenvalue weighted by Crippen LogP contribution is 2.22. The Morgan fingerprint density at radius 2 is 2.03 bits per heavy atom. The quantitative estimate of drug-likeness (QED) is 0.628. The molecule has 166 valence electrons. The van der Waals surface area contributed by atoms with Gasteiger partial charge in [0.25, 0.3) is 0 Å². The molecule has 31 heavy (non-hydrogen) atoms. The zero-order chi connectivity index (χ0) is 21.5. The van der Waals surface area contributed by atoms with Crippen molar-refractivity contribution in [3.63, 3.8) is 0 Å². The SMILES string of the molecule is O=C(Cc1csc(N2CCNC2=O)n1)N(CCCN1CCOCC1)Cc1ccncc1. The zero-order valence-electron chi connectivity index (χ0n) is 17.5. The van der Waals surface area contributed by atoms with E-state index in [0.29, 0.717) is 37.0 Å². The van der Waals surface area contributed by atoms with E-state index < -0.39 is 0 Å². The van der Waals surface area contributed by atoms with Crippen LogP contribution in [0, 0.1) is 0 Å². The molecule has 2 aliphatic heterocycles. The summed E-state index contributed by atoms with van der Waals surface area (Å²) in [6.07, 6.45) is 4.64. The molecule has 1 N–H and O–H groups in total. The van der Waals surface area contributed by atoms with Crippen molar-refractivity contribution in [2.24, 2.45) is 0 Å². The number of thiazole rings is 1. The first-order valence-electron chi connectivity index (χ1n) is 10.7. The Bertz CT molecular complexity index is 871. The third-order valence-corrected chi connectivity index (χ3v) is 6.35. The van der Waals surface area contributed by atoms with Crippen LogP contribution >= 0.6 is 11.3 Å². The van der Waals surface area contributed by atoms with Gasteiger partial charge in [0.1, 0.15) is 0 Å². The Morgan fingerprint density at radius 1 is 1.23 bits per heavy atom. The fraction of sp³-hybridized carbons (Fsp3) is 0.524. The average molecular weight is 445 g/mol. The van der Waals surface area contributed by atoms with E-state index in [9.17, 15) is 9.59 Å². The first-order valence-corrected chi connectivity index (χ1v) is 11.5. The predicted octanol–water partition coefficient (Wildman–Crippen LogP) is 1.36. The lowest BCUT2D eigenvalue weighted by molar-refractivity contribution is -0.131. The molecule has 10 heteroatoms. The van der Waals surface area contributed by atoms with Gasteiger partial charge in [-0.25, -0.2) is 9.78 Å². The second kappa shape index (κ2) is 10.7. The summed E-state index contributed by atoms with van der Waals surface area (Å²) in [7, 11) is 0. The van der Waals surface area contributed by atoms with Crippen LogP contribution in [0.5, 0.6) is 0 Å². The monoisotopic (exact) mass is 444 g/mol. The molecule has 0 aromatic carbocycles. The number of nitrogens with one attached hydrogen (secondary N) is 1. The fourth-order valence-corrected chi connectivity index (χ4v) is 4.58. The number of anilines is 1. The van der Waals surface area contributed by atoms with Gasteiger partial charge in [0, 0.05) is 63.6 Å². The zero-order valence-corrected chi connectivity index (χ0v) is 18.4. The van der Waals surface area contributed by atoms with Gasteiger partial charge in [0.2, 0.25) is 5.91 Å². The summed E-state index contributed by atoms with van der Waals surface area (Å²) < 4.78 is 5.41. The normalized spacial score (nSPS) is 17.0. The van der Waals surface area contributed by atoms with Gasteiger partial charge in [-0.1, -0.05) is 0 Å². The van der Waals surface area contributed by atoms with E-state index in [0.717, 1.165) is 44.8 Å². The maximum Gasteiger partial charge on any atom is 0.323 e. The van der Waals surface area contributed by atoms with Crippen molar-refractivity contribution in [3.05, 3.63) is 41.2 Å².